The van der Waals surface area contributed by atoms with Gasteiger partial charge in [0.05, 0.1) is 6.10 Å². The highest BCUT2D eigenvalue weighted by molar-refractivity contribution is 5.92. The number of hydrogen-bond acceptors (Lipinski definition) is 3. The lowest BCUT2D eigenvalue weighted by molar-refractivity contribution is -0.122. The average Bonchev–Trinajstić information content (AvgIpc) is 2.45. The Morgan fingerprint density at radius 1 is 1.33 bits per heavy atom. The van der Waals surface area contributed by atoms with Crippen molar-refractivity contribution in [3.05, 3.63) is 23.8 Å². The highest BCUT2D eigenvalue weighted by atomic mass is 16.5. The van der Waals surface area contributed by atoms with Crippen LogP contribution in [0.25, 0.3) is 0 Å². The van der Waals surface area contributed by atoms with E-state index >= 15 is 0 Å². The van der Waals surface area contributed by atoms with Gasteiger partial charge in [-0.1, -0.05) is 38.7 Å². The molecule has 1 rings (SSSR count). The number of rotatable bonds is 9. The van der Waals surface area contributed by atoms with Gasteiger partial charge in [-0.25, -0.2) is 0 Å². The monoisotopic (exact) mass is 292 g/mol. The first-order valence-corrected chi connectivity index (χ1v) is 7.80. The molecule has 3 N–H and O–H groups in total. The predicted octanol–water partition coefficient (Wildman–Crippen LogP) is 3.89. The summed E-state index contributed by atoms with van der Waals surface area (Å²) in [5, 5.41) is 2.80. The van der Waals surface area contributed by atoms with E-state index in [0.717, 1.165) is 18.4 Å². The molecule has 0 aliphatic rings. The number of carbonyl (C=O) groups is 1. The molecule has 0 aliphatic carbocycles. The van der Waals surface area contributed by atoms with Crippen molar-refractivity contribution in [2.24, 2.45) is 0 Å². The molecule has 1 aromatic rings. The third-order valence-corrected chi connectivity index (χ3v) is 3.53. The van der Waals surface area contributed by atoms with Gasteiger partial charge in [0.25, 0.3) is 0 Å². The first kappa shape index (κ1) is 17.5. The van der Waals surface area contributed by atoms with E-state index in [0.29, 0.717) is 11.4 Å². The Labute approximate surface area is 128 Å². The molecule has 118 valence electrons. The van der Waals surface area contributed by atoms with Gasteiger partial charge in [-0.05, 0) is 38.0 Å². The van der Waals surface area contributed by atoms with Gasteiger partial charge in [-0.15, -0.1) is 0 Å². The SMILES string of the molecule is CCCCCCC(C)OCC(=O)Nc1ccc(C)c(N)c1. The Kier molecular flexibility index (Phi) is 7.83. The molecule has 1 amide bonds. The second-order valence-electron chi connectivity index (χ2n) is 5.59. The van der Waals surface area contributed by atoms with Crippen molar-refractivity contribution in [2.45, 2.75) is 59.0 Å². The summed E-state index contributed by atoms with van der Waals surface area (Å²) in [6.07, 6.45) is 6.02. The fourth-order valence-electron chi connectivity index (χ4n) is 2.08. The zero-order valence-corrected chi connectivity index (χ0v) is 13.4. The Balaban J connectivity index is 2.25. The van der Waals surface area contributed by atoms with Crippen LogP contribution in [-0.4, -0.2) is 18.6 Å². The topological polar surface area (TPSA) is 64.3 Å². The number of carbonyl (C=O) groups excluding carboxylic acids is 1. The van der Waals surface area contributed by atoms with Gasteiger partial charge >= 0.3 is 0 Å². The fourth-order valence-corrected chi connectivity index (χ4v) is 2.08. The van der Waals surface area contributed by atoms with Gasteiger partial charge in [0.15, 0.2) is 0 Å². The molecule has 4 nitrogen and oxygen atoms in total. The molecule has 1 aromatic carbocycles. The molecule has 1 unspecified atom stereocenters. The van der Waals surface area contributed by atoms with E-state index in [-0.39, 0.29) is 18.6 Å². The fraction of sp³-hybridized carbons (Fsp3) is 0.588. The Bertz CT molecular complexity index is 446. The van der Waals surface area contributed by atoms with Crippen LogP contribution in [0.2, 0.25) is 0 Å². The van der Waals surface area contributed by atoms with Crippen molar-refractivity contribution >= 4 is 17.3 Å². The van der Waals surface area contributed by atoms with Crippen molar-refractivity contribution in [3.63, 3.8) is 0 Å². The summed E-state index contributed by atoms with van der Waals surface area (Å²) in [7, 11) is 0. The molecule has 0 saturated heterocycles. The summed E-state index contributed by atoms with van der Waals surface area (Å²) in [5.74, 6) is -0.140. The molecule has 0 radical (unpaired) electrons. The maximum absolute atomic E-state index is 11.8. The minimum Gasteiger partial charge on any atom is -0.398 e. The molecule has 0 aromatic heterocycles. The number of hydrogen-bond donors (Lipinski definition) is 2. The zero-order chi connectivity index (χ0) is 15.7. The molecular formula is C17H28N2O2. The second-order valence-corrected chi connectivity index (χ2v) is 5.59. The third-order valence-electron chi connectivity index (χ3n) is 3.53. The van der Waals surface area contributed by atoms with Crippen molar-refractivity contribution < 1.29 is 9.53 Å². The average molecular weight is 292 g/mol. The van der Waals surface area contributed by atoms with Crippen LogP contribution in [0.1, 0.15) is 51.5 Å². The van der Waals surface area contributed by atoms with Gasteiger partial charge in [-0.2, -0.15) is 0 Å². The molecule has 0 fully saturated rings. The lowest BCUT2D eigenvalue weighted by atomic mass is 10.1. The van der Waals surface area contributed by atoms with Crippen molar-refractivity contribution in [2.75, 3.05) is 17.7 Å². The highest BCUT2D eigenvalue weighted by Crippen LogP contribution is 2.16. The summed E-state index contributed by atoms with van der Waals surface area (Å²) in [6, 6.07) is 5.50. The Morgan fingerprint density at radius 2 is 2.10 bits per heavy atom. The highest BCUT2D eigenvalue weighted by Gasteiger charge is 2.07. The summed E-state index contributed by atoms with van der Waals surface area (Å²) < 4.78 is 5.57. The first-order chi connectivity index (χ1) is 10.0. The summed E-state index contributed by atoms with van der Waals surface area (Å²) >= 11 is 0. The van der Waals surface area contributed by atoms with Gasteiger partial charge in [0.2, 0.25) is 5.91 Å². The molecule has 0 bridgehead atoms. The number of anilines is 2. The Hall–Kier alpha value is -1.55. The van der Waals surface area contributed by atoms with E-state index in [1.165, 1.54) is 19.3 Å². The van der Waals surface area contributed by atoms with E-state index < -0.39 is 0 Å². The van der Waals surface area contributed by atoms with Crippen LogP contribution in [0.15, 0.2) is 18.2 Å². The molecule has 0 spiro atoms. The number of nitrogen functional groups attached to an aromatic ring is 1. The second kappa shape index (κ2) is 9.40. The van der Waals surface area contributed by atoms with Crippen molar-refractivity contribution in [1.82, 2.24) is 0 Å². The number of nitrogens with one attached hydrogen (secondary N) is 1. The summed E-state index contributed by atoms with van der Waals surface area (Å²) in [4.78, 5) is 11.8. The number of benzene rings is 1. The summed E-state index contributed by atoms with van der Waals surface area (Å²) in [5.41, 5.74) is 8.21. The van der Waals surface area contributed by atoms with Gasteiger partial charge < -0.3 is 15.8 Å². The number of aryl methyl sites for hydroxylation is 1. The standard InChI is InChI=1S/C17H28N2O2/c1-4-5-6-7-8-14(3)21-12-17(20)19-15-10-9-13(2)16(18)11-15/h9-11,14H,4-8,12,18H2,1-3H3,(H,19,20). The van der Waals surface area contributed by atoms with E-state index in [2.05, 4.69) is 12.2 Å². The van der Waals surface area contributed by atoms with Crippen LogP contribution in [0.4, 0.5) is 11.4 Å². The van der Waals surface area contributed by atoms with E-state index in [1.807, 2.05) is 26.0 Å². The minimum atomic E-state index is -0.140. The largest absolute Gasteiger partial charge is 0.398 e. The number of unbranched alkanes of at least 4 members (excludes halogenated alkanes) is 3. The summed E-state index contributed by atoms with van der Waals surface area (Å²) in [6.45, 7) is 6.23. The van der Waals surface area contributed by atoms with E-state index in [9.17, 15) is 4.79 Å². The molecule has 0 aliphatic heterocycles. The smallest absolute Gasteiger partial charge is 0.250 e. The maximum atomic E-state index is 11.8. The Morgan fingerprint density at radius 3 is 2.76 bits per heavy atom. The number of amides is 1. The van der Waals surface area contributed by atoms with E-state index in [4.69, 9.17) is 10.5 Å². The molecule has 0 saturated carbocycles. The van der Waals surface area contributed by atoms with Crippen molar-refractivity contribution in [1.29, 1.82) is 0 Å². The molecule has 0 heterocycles. The molecule has 1 atom stereocenters. The quantitative estimate of drug-likeness (QED) is 0.536. The van der Waals surface area contributed by atoms with Crippen LogP contribution in [0.3, 0.4) is 0 Å². The van der Waals surface area contributed by atoms with Crippen LogP contribution >= 0.6 is 0 Å². The number of nitrogens with two attached hydrogens (primary N) is 1. The predicted molar refractivity (Wildman–Crippen MR) is 88.4 cm³/mol. The lowest BCUT2D eigenvalue weighted by Gasteiger charge is -2.13. The van der Waals surface area contributed by atoms with Crippen LogP contribution in [0, 0.1) is 6.92 Å². The van der Waals surface area contributed by atoms with Crippen molar-refractivity contribution in [3.8, 4) is 0 Å². The molecule has 4 heteroatoms. The number of ether oxygens (including phenoxy) is 1. The molecular weight excluding hydrogens is 264 g/mol. The van der Waals surface area contributed by atoms with Gasteiger partial charge in [-0.3, -0.25) is 4.79 Å². The van der Waals surface area contributed by atoms with Crippen LogP contribution in [0.5, 0.6) is 0 Å². The first-order valence-electron chi connectivity index (χ1n) is 7.80. The van der Waals surface area contributed by atoms with Crippen LogP contribution in [-0.2, 0) is 9.53 Å². The van der Waals surface area contributed by atoms with Crippen LogP contribution < -0.4 is 11.1 Å². The zero-order valence-electron chi connectivity index (χ0n) is 13.4. The maximum Gasteiger partial charge on any atom is 0.250 e. The van der Waals surface area contributed by atoms with Gasteiger partial charge in [0.1, 0.15) is 6.61 Å². The normalized spacial score (nSPS) is 12.1. The molecule has 21 heavy (non-hydrogen) atoms. The minimum absolute atomic E-state index is 0.0860. The van der Waals surface area contributed by atoms with E-state index in [1.54, 1.807) is 6.07 Å². The van der Waals surface area contributed by atoms with Gasteiger partial charge in [0, 0.05) is 11.4 Å². The lowest BCUT2D eigenvalue weighted by Crippen LogP contribution is -2.22. The third kappa shape index (κ3) is 7.14.